The molecule has 3 rings (SSSR count). The minimum absolute atomic E-state index is 0.0121. The van der Waals surface area contributed by atoms with Gasteiger partial charge in [-0.15, -0.1) is 0 Å². The molecule has 2 aromatic carbocycles. The Balaban J connectivity index is 1.60. The van der Waals surface area contributed by atoms with Crippen molar-refractivity contribution in [3.05, 3.63) is 70.8 Å². The van der Waals surface area contributed by atoms with Gasteiger partial charge in [-0.25, -0.2) is 0 Å². The van der Waals surface area contributed by atoms with E-state index < -0.39 is 17.6 Å². The number of piperidine rings is 1. The molecule has 2 aromatic rings. The molecule has 1 heterocycles. The summed E-state index contributed by atoms with van der Waals surface area (Å²) in [5.41, 5.74) is 1.35. The first-order valence-electron chi connectivity index (χ1n) is 10.1. The van der Waals surface area contributed by atoms with E-state index in [9.17, 15) is 22.8 Å². The number of alkyl halides is 3. The number of rotatable bonds is 5. The molecule has 160 valence electrons. The number of aryl methyl sites for hydroxylation is 1. The fraction of sp³-hybridized carbons (Fsp3) is 0.391. The Morgan fingerprint density at radius 2 is 1.80 bits per heavy atom. The molecule has 1 aliphatic heterocycles. The van der Waals surface area contributed by atoms with Crippen LogP contribution in [0.3, 0.4) is 0 Å². The van der Waals surface area contributed by atoms with E-state index in [0.717, 1.165) is 24.1 Å². The lowest BCUT2D eigenvalue weighted by Gasteiger charge is -2.32. The van der Waals surface area contributed by atoms with Crippen molar-refractivity contribution >= 4 is 11.8 Å². The van der Waals surface area contributed by atoms with Crippen molar-refractivity contribution in [2.75, 3.05) is 13.1 Å². The number of halogens is 3. The van der Waals surface area contributed by atoms with Gasteiger partial charge < -0.3 is 10.2 Å². The van der Waals surface area contributed by atoms with Crippen LogP contribution < -0.4 is 5.32 Å². The van der Waals surface area contributed by atoms with Crippen LogP contribution in [0.15, 0.2) is 48.5 Å². The van der Waals surface area contributed by atoms with Crippen LogP contribution in [-0.4, -0.2) is 29.8 Å². The van der Waals surface area contributed by atoms with E-state index in [-0.39, 0.29) is 23.9 Å². The van der Waals surface area contributed by atoms with Crippen LogP contribution in [0.2, 0.25) is 0 Å². The van der Waals surface area contributed by atoms with Crippen molar-refractivity contribution in [1.82, 2.24) is 10.2 Å². The van der Waals surface area contributed by atoms with Crippen LogP contribution >= 0.6 is 0 Å². The topological polar surface area (TPSA) is 49.4 Å². The standard InChI is InChI=1S/C23H25F3N2O2/c1-2-16-8-10-17(11-9-16)14-27-21(29)19-6-4-12-28(15-19)22(30)18-5-3-7-20(13-18)23(24,25)26/h3,5,7-11,13,19H,2,4,6,12,14-15H2,1H3,(H,27,29)/t19-/m0/s1. The first-order valence-corrected chi connectivity index (χ1v) is 10.1. The zero-order chi connectivity index (χ0) is 21.7. The molecule has 1 N–H and O–H groups in total. The van der Waals surface area contributed by atoms with E-state index in [1.165, 1.54) is 22.6 Å². The van der Waals surface area contributed by atoms with Gasteiger partial charge in [0.1, 0.15) is 0 Å². The van der Waals surface area contributed by atoms with Crippen molar-refractivity contribution < 1.29 is 22.8 Å². The molecule has 1 saturated heterocycles. The summed E-state index contributed by atoms with van der Waals surface area (Å²) in [5.74, 6) is -0.992. The van der Waals surface area contributed by atoms with Gasteiger partial charge >= 0.3 is 6.18 Å². The van der Waals surface area contributed by atoms with Crippen LogP contribution in [0, 0.1) is 5.92 Å². The molecule has 1 fully saturated rings. The fourth-order valence-electron chi connectivity index (χ4n) is 3.61. The molecular formula is C23H25F3N2O2. The van der Waals surface area contributed by atoms with E-state index >= 15 is 0 Å². The zero-order valence-corrected chi connectivity index (χ0v) is 16.8. The highest BCUT2D eigenvalue weighted by Gasteiger charge is 2.33. The lowest BCUT2D eigenvalue weighted by molar-refractivity contribution is -0.137. The van der Waals surface area contributed by atoms with Gasteiger partial charge in [0.25, 0.3) is 5.91 Å². The quantitative estimate of drug-likeness (QED) is 0.781. The van der Waals surface area contributed by atoms with E-state index in [4.69, 9.17) is 0 Å². The van der Waals surface area contributed by atoms with Gasteiger partial charge in [0, 0.05) is 25.2 Å². The lowest BCUT2D eigenvalue weighted by atomic mass is 9.96. The summed E-state index contributed by atoms with van der Waals surface area (Å²) in [5, 5.41) is 2.91. The molecule has 0 saturated carbocycles. The SMILES string of the molecule is CCc1ccc(CNC(=O)[C@H]2CCCN(C(=O)c3cccc(C(F)(F)F)c3)C2)cc1. The molecule has 1 aliphatic rings. The summed E-state index contributed by atoms with van der Waals surface area (Å²) >= 11 is 0. The summed E-state index contributed by atoms with van der Waals surface area (Å²) in [7, 11) is 0. The van der Waals surface area contributed by atoms with E-state index in [0.29, 0.717) is 25.9 Å². The van der Waals surface area contributed by atoms with Crippen molar-refractivity contribution in [3.8, 4) is 0 Å². The van der Waals surface area contributed by atoms with Gasteiger partial charge in [-0.3, -0.25) is 9.59 Å². The monoisotopic (exact) mass is 418 g/mol. The molecule has 0 bridgehead atoms. The maximum Gasteiger partial charge on any atom is 0.416 e. The number of hydrogen-bond donors (Lipinski definition) is 1. The summed E-state index contributed by atoms with van der Waals surface area (Å²) in [6.07, 6.45) is -2.28. The normalized spacial score (nSPS) is 16.9. The van der Waals surface area contributed by atoms with Crippen molar-refractivity contribution in [1.29, 1.82) is 0 Å². The van der Waals surface area contributed by atoms with Gasteiger partial charge in [-0.1, -0.05) is 37.3 Å². The molecule has 0 spiro atoms. The third-order valence-electron chi connectivity index (χ3n) is 5.41. The molecule has 0 aromatic heterocycles. The average molecular weight is 418 g/mol. The Morgan fingerprint density at radius 3 is 2.47 bits per heavy atom. The van der Waals surface area contributed by atoms with Crippen LogP contribution in [-0.2, 0) is 23.9 Å². The number of likely N-dealkylation sites (tertiary alicyclic amines) is 1. The summed E-state index contributed by atoms with van der Waals surface area (Å²) in [6, 6.07) is 12.4. The highest BCUT2D eigenvalue weighted by Crippen LogP contribution is 2.30. The second-order valence-corrected chi connectivity index (χ2v) is 7.56. The van der Waals surface area contributed by atoms with Crippen LogP contribution in [0.1, 0.15) is 46.8 Å². The third-order valence-corrected chi connectivity index (χ3v) is 5.41. The molecule has 0 aliphatic carbocycles. The number of benzene rings is 2. The van der Waals surface area contributed by atoms with Crippen molar-refractivity contribution in [2.45, 2.75) is 38.9 Å². The maximum atomic E-state index is 12.9. The molecule has 30 heavy (non-hydrogen) atoms. The minimum atomic E-state index is -4.50. The van der Waals surface area contributed by atoms with Gasteiger partial charge in [0.15, 0.2) is 0 Å². The highest BCUT2D eigenvalue weighted by molar-refractivity contribution is 5.95. The highest BCUT2D eigenvalue weighted by atomic mass is 19.4. The zero-order valence-electron chi connectivity index (χ0n) is 16.8. The first kappa shape index (κ1) is 21.9. The maximum absolute atomic E-state index is 12.9. The number of nitrogens with one attached hydrogen (secondary N) is 1. The number of hydrogen-bond acceptors (Lipinski definition) is 2. The molecular weight excluding hydrogens is 393 g/mol. The molecule has 1 atom stereocenters. The second-order valence-electron chi connectivity index (χ2n) is 7.56. The van der Waals surface area contributed by atoms with Crippen molar-refractivity contribution in [2.24, 2.45) is 5.92 Å². The molecule has 0 unspecified atom stereocenters. The predicted molar refractivity (Wildman–Crippen MR) is 108 cm³/mol. The molecule has 4 nitrogen and oxygen atoms in total. The number of amides is 2. The van der Waals surface area contributed by atoms with Crippen LogP contribution in [0.4, 0.5) is 13.2 Å². The second kappa shape index (κ2) is 9.32. The average Bonchev–Trinajstić information content (AvgIpc) is 2.77. The largest absolute Gasteiger partial charge is 0.416 e. The Hall–Kier alpha value is -2.83. The smallest absolute Gasteiger partial charge is 0.352 e. The van der Waals surface area contributed by atoms with Gasteiger partial charge in [-0.05, 0) is 48.6 Å². The first-order chi connectivity index (χ1) is 14.3. The van der Waals surface area contributed by atoms with Gasteiger partial charge in [-0.2, -0.15) is 13.2 Å². The number of carbonyl (C=O) groups excluding carboxylic acids is 2. The Labute approximate surface area is 174 Å². The van der Waals surface area contributed by atoms with Gasteiger partial charge in [0.05, 0.1) is 11.5 Å². The Bertz CT molecular complexity index is 894. The molecule has 7 heteroatoms. The fourth-order valence-corrected chi connectivity index (χ4v) is 3.61. The minimum Gasteiger partial charge on any atom is -0.352 e. The summed E-state index contributed by atoms with van der Waals surface area (Å²) in [6.45, 7) is 3.11. The van der Waals surface area contributed by atoms with E-state index in [1.54, 1.807) is 0 Å². The van der Waals surface area contributed by atoms with Crippen LogP contribution in [0.5, 0.6) is 0 Å². The predicted octanol–water partition coefficient (Wildman–Crippen LogP) is 4.44. The summed E-state index contributed by atoms with van der Waals surface area (Å²) < 4.78 is 38.8. The summed E-state index contributed by atoms with van der Waals surface area (Å²) in [4.78, 5) is 26.8. The lowest BCUT2D eigenvalue weighted by Crippen LogP contribution is -2.45. The third kappa shape index (κ3) is 5.40. The van der Waals surface area contributed by atoms with Crippen LogP contribution in [0.25, 0.3) is 0 Å². The number of carbonyl (C=O) groups is 2. The van der Waals surface area contributed by atoms with Crippen molar-refractivity contribution in [3.63, 3.8) is 0 Å². The molecule has 2 amide bonds. The Morgan fingerprint density at radius 1 is 1.10 bits per heavy atom. The van der Waals surface area contributed by atoms with Gasteiger partial charge in [0.2, 0.25) is 5.91 Å². The molecule has 0 radical (unpaired) electrons. The Kier molecular flexibility index (Phi) is 6.80. The van der Waals surface area contributed by atoms with E-state index in [1.807, 2.05) is 24.3 Å². The van der Waals surface area contributed by atoms with E-state index in [2.05, 4.69) is 12.2 Å². The number of nitrogens with zero attached hydrogens (tertiary/aromatic N) is 1.